The van der Waals surface area contributed by atoms with Gasteiger partial charge in [-0.25, -0.2) is 4.39 Å². The van der Waals surface area contributed by atoms with Gasteiger partial charge >= 0.3 is 0 Å². The molecule has 0 aliphatic carbocycles. The Bertz CT molecular complexity index is 531. The van der Waals surface area contributed by atoms with Crippen molar-refractivity contribution >= 4 is 34.2 Å². The lowest BCUT2D eigenvalue weighted by atomic mass is 10.2. The van der Waals surface area contributed by atoms with E-state index in [0.29, 0.717) is 10.6 Å². The molecule has 0 radical (unpaired) electrons. The Kier molecular flexibility index (Phi) is 4.23. The highest BCUT2D eigenvalue weighted by molar-refractivity contribution is 14.1. The van der Waals surface area contributed by atoms with Crippen LogP contribution in [0.25, 0.3) is 0 Å². The van der Waals surface area contributed by atoms with Crippen molar-refractivity contribution < 1.29 is 9.13 Å². The molecule has 1 nitrogen and oxygen atoms in total. The van der Waals surface area contributed by atoms with Crippen LogP contribution >= 0.6 is 34.2 Å². The molecule has 0 N–H and O–H groups in total. The molecular weight excluding hydrogens is 353 g/mol. The van der Waals surface area contributed by atoms with Gasteiger partial charge in [-0.15, -0.1) is 0 Å². The molecule has 0 saturated heterocycles. The van der Waals surface area contributed by atoms with Crippen LogP contribution in [-0.4, -0.2) is 0 Å². The van der Waals surface area contributed by atoms with Crippen LogP contribution in [0.3, 0.4) is 0 Å². The van der Waals surface area contributed by atoms with Gasteiger partial charge in [0.1, 0.15) is 18.2 Å². The third-order valence-electron chi connectivity index (χ3n) is 2.20. The predicted octanol–water partition coefficient (Wildman–Crippen LogP) is 4.66. The maximum atomic E-state index is 13.4. The van der Waals surface area contributed by atoms with Crippen molar-refractivity contribution in [2.45, 2.75) is 6.61 Å². The van der Waals surface area contributed by atoms with Crippen molar-refractivity contribution in [1.29, 1.82) is 0 Å². The summed E-state index contributed by atoms with van der Waals surface area (Å²) in [5.41, 5.74) is 0.455. The van der Waals surface area contributed by atoms with E-state index in [2.05, 4.69) is 22.6 Å². The van der Waals surface area contributed by atoms with E-state index in [1.54, 1.807) is 6.07 Å². The van der Waals surface area contributed by atoms with E-state index >= 15 is 0 Å². The van der Waals surface area contributed by atoms with Crippen LogP contribution in [-0.2, 0) is 6.61 Å². The number of hydrogen-bond donors (Lipinski definition) is 0. The summed E-state index contributed by atoms with van der Waals surface area (Å²) < 4.78 is 20.0. The molecule has 0 atom stereocenters. The molecule has 0 fully saturated rings. The summed E-state index contributed by atoms with van der Waals surface area (Å²) in [6, 6.07) is 12.0. The third-order valence-corrected chi connectivity index (χ3v) is 3.10. The largest absolute Gasteiger partial charge is 0.489 e. The Morgan fingerprint density at radius 2 is 2.00 bits per heavy atom. The highest BCUT2D eigenvalue weighted by atomic mass is 127. The second-order valence-electron chi connectivity index (χ2n) is 3.48. The topological polar surface area (TPSA) is 9.23 Å². The van der Waals surface area contributed by atoms with Gasteiger partial charge in [-0.3, -0.25) is 0 Å². The minimum atomic E-state index is -0.306. The SMILES string of the molecule is Fc1ccc(Cl)cc1COc1cccc(I)c1. The normalized spacial score (nSPS) is 10.3. The van der Waals surface area contributed by atoms with E-state index in [1.165, 1.54) is 12.1 Å². The van der Waals surface area contributed by atoms with Gasteiger partial charge in [-0.1, -0.05) is 17.7 Å². The van der Waals surface area contributed by atoms with Gasteiger partial charge in [0.25, 0.3) is 0 Å². The zero-order valence-electron chi connectivity index (χ0n) is 8.79. The van der Waals surface area contributed by atoms with Crippen LogP contribution in [0.1, 0.15) is 5.56 Å². The van der Waals surface area contributed by atoms with Crippen LogP contribution in [0.4, 0.5) is 4.39 Å². The van der Waals surface area contributed by atoms with E-state index in [0.717, 1.165) is 9.32 Å². The fourth-order valence-corrected chi connectivity index (χ4v) is 2.08. The molecule has 0 bridgehead atoms. The Morgan fingerprint density at radius 3 is 2.76 bits per heavy atom. The van der Waals surface area contributed by atoms with Gasteiger partial charge in [0.05, 0.1) is 0 Å². The second kappa shape index (κ2) is 5.69. The van der Waals surface area contributed by atoms with Crippen molar-refractivity contribution in [1.82, 2.24) is 0 Å². The van der Waals surface area contributed by atoms with E-state index in [9.17, 15) is 4.39 Å². The molecule has 0 heterocycles. The maximum Gasteiger partial charge on any atom is 0.129 e. The van der Waals surface area contributed by atoms with Gasteiger partial charge < -0.3 is 4.74 Å². The highest BCUT2D eigenvalue weighted by Crippen LogP contribution is 2.19. The van der Waals surface area contributed by atoms with E-state index in [4.69, 9.17) is 16.3 Å². The van der Waals surface area contributed by atoms with Crippen molar-refractivity contribution in [3.8, 4) is 5.75 Å². The second-order valence-corrected chi connectivity index (χ2v) is 5.16. The summed E-state index contributed by atoms with van der Waals surface area (Å²) in [6.45, 7) is 0.173. The third kappa shape index (κ3) is 3.57. The average molecular weight is 363 g/mol. The number of benzene rings is 2. The molecule has 88 valence electrons. The molecule has 0 spiro atoms. The van der Waals surface area contributed by atoms with E-state index in [1.807, 2.05) is 24.3 Å². The minimum absolute atomic E-state index is 0.173. The fourth-order valence-electron chi connectivity index (χ4n) is 1.37. The lowest BCUT2D eigenvalue weighted by molar-refractivity contribution is 0.299. The standard InChI is InChI=1S/C13H9ClFIO/c14-10-4-5-13(15)9(6-10)8-17-12-3-1-2-11(16)7-12/h1-7H,8H2. The van der Waals surface area contributed by atoms with Gasteiger partial charge in [0.2, 0.25) is 0 Å². The first kappa shape index (κ1) is 12.6. The Morgan fingerprint density at radius 1 is 1.18 bits per heavy atom. The zero-order chi connectivity index (χ0) is 12.3. The zero-order valence-corrected chi connectivity index (χ0v) is 11.7. The number of halogens is 3. The summed E-state index contributed by atoms with van der Waals surface area (Å²) in [7, 11) is 0. The molecule has 0 amide bonds. The molecule has 2 rings (SSSR count). The maximum absolute atomic E-state index is 13.4. The molecule has 0 saturated carbocycles. The molecule has 4 heteroatoms. The van der Waals surface area contributed by atoms with Gasteiger partial charge in [0.15, 0.2) is 0 Å². The van der Waals surface area contributed by atoms with E-state index < -0.39 is 0 Å². The van der Waals surface area contributed by atoms with Gasteiger partial charge in [-0.05, 0) is 59.0 Å². The smallest absolute Gasteiger partial charge is 0.129 e. The van der Waals surface area contributed by atoms with Crippen molar-refractivity contribution in [3.05, 3.63) is 62.4 Å². The Labute approximate surface area is 118 Å². The lowest BCUT2D eigenvalue weighted by Gasteiger charge is -2.07. The Hall–Kier alpha value is -0.810. The fraction of sp³-hybridized carbons (Fsp3) is 0.0769. The molecule has 0 aliphatic rings. The van der Waals surface area contributed by atoms with Crippen molar-refractivity contribution in [2.24, 2.45) is 0 Å². The van der Waals surface area contributed by atoms with Gasteiger partial charge in [-0.2, -0.15) is 0 Å². The van der Waals surface area contributed by atoms with Crippen LogP contribution in [0.5, 0.6) is 5.75 Å². The summed E-state index contributed by atoms with van der Waals surface area (Å²) in [6.07, 6.45) is 0. The van der Waals surface area contributed by atoms with Crippen LogP contribution in [0.2, 0.25) is 5.02 Å². The Balaban J connectivity index is 2.09. The monoisotopic (exact) mass is 362 g/mol. The molecule has 2 aromatic carbocycles. The summed E-state index contributed by atoms with van der Waals surface area (Å²) >= 11 is 8.00. The minimum Gasteiger partial charge on any atom is -0.489 e. The van der Waals surface area contributed by atoms with E-state index in [-0.39, 0.29) is 12.4 Å². The summed E-state index contributed by atoms with van der Waals surface area (Å²) in [5.74, 6) is 0.413. The quantitative estimate of drug-likeness (QED) is 0.722. The van der Waals surface area contributed by atoms with Crippen LogP contribution in [0.15, 0.2) is 42.5 Å². The first-order valence-electron chi connectivity index (χ1n) is 4.97. The first-order chi connectivity index (χ1) is 8.15. The van der Waals surface area contributed by atoms with Crippen molar-refractivity contribution in [3.63, 3.8) is 0 Å². The highest BCUT2D eigenvalue weighted by Gasteiger charge is 2.04. The molecule has 17 heavy (non-hydrogen) atoms. The molecule has 0 aliphatic heterocycles. The molecule has 0 aromatic heterocycles. The van der Waals surface area contributed by atoms with Gasteiger partial charge in [0, 0.05) is 14.2 Å². The number of hydrogen-bond acceptors (Lipinski definition) is 1. The number of ether oxygens (including phenoxy) is 1. The van der Waals surface area contributed by atoms with Crippen LogP contribution in [0, 0.1) is 9.39 Å². The predicted molar refractivity (Wildman–Crippen MR) is 74.9 cm³/mol. The molecular formula is C13H9ClFIO. The average Bonchev–Trinajstić information content (AvgIpc) is 2.30. The first-order valence-corrected chi connectivity index (χ1v) is 6.43. The summed E-state index contributed by atoms with van der Waals surface area (Å²) in [5, 5.41) is 0.507. The van der Waals surface area contributed by atoms with Crippen molar-refractivity contribution in [2.75, 3.05) is 0 Å². The number of rotatable bonds is 3. The molecule has 2 aromatic rings. The van der Waals surface area contributed by atoms with Crippen LogP contribution < -0.4 is 4.74 Å². The lowest BCUT2D eigenvalue weighted by Crippen LogP contribution is -1.98. The molecule has 0 unspecified atom stereocenters. The summed E-state index contributed by atoms with van der Waals surface area (Å²) in [4.78, 5) is 0.